The van der Waals surface area contributed by atoms with Crippen molar-refractivity contribution in [3.8, 4) is 6.07 Å². The number of halogens is 1. The molecular formula is C5H9BrN2O2S. The first-order valence-electron chi connectivity index (χ1n) is 2.94. The van der Waals surface area contributed by atoms with Crippen LogP contribution in [0.1, 0.15) is 13.3 Å². The molecule has 0 fully saturated rings. The Balaban J connectivity index is 3.97. The third kappa shape index (κ3) is 5.18. The molecular weight excluding hydrogens is 232 g/mol. The predicted molar refractivity (Wildman–Crippen MR) is 45.5 cm³/mol. The third-order valence-electron chi connectivity index (χ3n) is 0.922. The fraction of sp³-hybridized carbons (Fsp3) is 0.800. The van der Waals surface area contributed by atoms with Crippen LogP contribution in [-0.4, -0.2) is 19.1 Å². The second-order valence-electron chi connectivity index (χ2n) is 2.10. The molecule has 0 spiro atoms. The van der Waals surface area contributed by atoms with Gasteiger partial charge >= 0.3 is 0 Å². The highest BCUT2D eigenvalue weighted by Crippen LogP contribution is 1.96. The highest BCUT2D eigenvalue weighted by molar-refractivity contribution is 9.10. The van der Waals surface area contributed by atoms with E-state index in [1.54, 1.807) is 6.92 Å². The zero-order valence-corrected chi connectivity index (χ0v) is 8.44. The Morgan fingerprint density at radius 2 is 2.27 bits per heavy atom. The van der Waals surface area contributed by atoms with Crippen LogP contribution in [0.15, 0.2) is 0 Å². The zero-order valence-electron chi connectivity index (χ0n) is 6.04. The van der Waals surface area contributed by atoms with E-state index in [0.717, 1.165) is 0 Å². The van der Waals surface area contributed by atoms with Crippen LogP contribution in [0.2, 0.25) is 0 Å². The van der Waals surface area contributed by atoms with Gasteiger partial charge in [-0.2, -0.15) is 5.26 Å². The molecule has 0 aromatic carbocycles. The van der Waals surface area contributed by atoms with Gasteiger partial charge in [0.05, 0.1) is 12.5 Å². The van der Waals surface area contributed by atoms with Gasteiger partial charge in [0, 0.05) is 6.04 Å². The second-order valence-corrected chi connectivity index (χ2v) is 5.16. The van der Waals surface area contributed by atoms with E-state index < -0.39 is 10.0 Å². The van der Waals surface area contributed by atoms with Crippen molar-refractivity contribution in [1.82, 2.24) is 4.72 Å². The number of nitrogens with zero attached hydrogens (tertiary/aromatic N) is 1. The number of nitriles is 1. The molecule has 4 nitrogen and oxygen atoms in total. The molecule has 0 amide bonds. The average molecular weight is 241 g/mol. The molecule has 0 saturated carbocycles. The summed E-state index contributed by atoms with van der Waals surface area (Å²) in [6.45, 7) is 1.64. The molecule has 64 valence electrons. The van der Waals surface area contributed by atoms with E-state index >= 15 is 0 Å². The summed E-state index contributed by atoms with van der Waals surface area (Å²) < 4.78 is 23.8. The maximum atomic E-state index is 10.8. The van der Waals surface area contributed by atoms with E-state index in [-0.39, 0.29) is 17.1 Å². The van der Waals surface area contributed by atoms with Gasteiger partial charge in [0.15, 0.2) is 0 Å². The molecule has 0 aromatic rings. The Hall–Kier alpha value is -0.120. The molecule has 0 aliphatic carbocycles. The maximum absolute atomic E-state index is 10.8. The minimum absolute atomic E-state index is 0.129. The van der Waals surface area contributed by atoms with Crippen molar-refractivity contribution >= 4 is 26.0 Å². The number of nitrogens with one attached hydrogen (secondary N) is 1. The first-order valence-corrected chi connectivity index (χ1v) is 5.72. The van der Waals surface area contributed by atoms with E-state index in [9.17, 15) is 8.42 Å². The van der Waals surface area contributed by atoms with E-state index in [1.165, 1.54) is 0 Å². The topological polar surface area (TPSA) is 70.0 Å². The predicted octanol–water partition coefficient (Wildman–Crippen LogP) is 0.560. The van der Waals surface area contributed by atoms with Crippen LogP contribution >= 0.6 is 15.9 Å². The van der Waals surface area contributed by atoms with Crippen molar-refractivity contribution in [3.63, 3.8) is 0 Å². The lowest BCUT2D eigenvalue weighted by Gasteiger charge is -2.07. The quantitative estimate of drug-likeness (QED) is 0.731. The van der Waals surface area contributed by atoms with Crippen molar-refractivity contribution in [2.24, 2.45) is 0 Å². The van der Waals surface area contributed by atoms with Crippen LogP contribution in [0.4, 0.5) is 0 Å². The first kappa shape index (κ1) is 10.9. The normalized spacial score (nSPS) is 13.9. The molecule has 0 bridgehead atoms. The molecule has 0 aromatic heterocycles. The van der Waals surface area contributed by atoms with Crippen LogP contribution in [0, 0.1) is 11.3 Å². The molecule has 0 aliphatic heterocycles. The van der Waals surface area contributed by atoms with Crippen molar-refractivity contribution in [2.45, 2.75) is 19.4 Å². The van der Waals surface area contributed by atoms with Gasteiger partial charge in [-0.15, -0.1) is 0 Å². The van der Waals surface area contributed by atoms with Crippen molar-refractivity contribution < 1.29 is 8.42 Å². The third-order valence-corrected chi connectivity index (χ3v) is 3.78. The lowest BCUT2D eigenvalue weighted by molar-refractivity contribution is 0.568. The van der Waals surface area contributed by atoms with Crippen LogP contribution < -0.4 is 4.72 Å². The maximum Gasteiger partial charge on any atom is 0.221 e. The molecule has 1 unspecified atom stereocenters. The minimum atomic E-state index is -3.23. The van der Waals surface area contributed by atoms with Gasteiger partial charge in [0.25, 0.3) is 0 Å². The van der Waals surface area contributed by atoms with Gasteiger partial charge in [0.2, 0.25) is 10.0 Å². The van der Waals surface area contributed by atoms with Gasteiger partial charge in [-0.1, -0.05) is 15.9 Å². The van der Waals surface area contributed by atoms with Gasteiger partial charge in [-0.05, 0) is 6.92 Å². The van der Waals surface area contributed by atoms with Crippen LogP contribution in [0.25, 0.3) is 0 Å². The summed E-state index contributed by atoms with van der Waals surface area (Å²) in [5.74, 6) is 0. The summed E-state index contributed by atoms with van der Waals surface area (Å²) in [5.41, 5.74) is 0. The summed E-state index contributed by atoms with van der Waals surface area (Å²) in [6.07, 6.45) is 0.187. The highest BCUT2D eigenvalue weighted by atomic mass is 79.9. The fourth-order valence-electron chi connectivity index (χ4n) is 0.517. The minimum Gasteiger partial charge on any atom is -0.212 e. The summed E-state index contributed by atoms with van der Waals surface area (Å²) in [5, 5.41) is 8.21. The van der Waals surface area contributed by atoms with Gasteiger partial charge in [-0.25, -0.2) is 13.1 Å². The number of sulfonamides is 1. The number of alkyl halides is 1. The molecule has 6 heteroatoms. The Morgan fingerprint density at radius 1 is 1.73 bits per heavy atom. The highest BCUT2D eigenvalue weighted by Gasteiger charge is 2.11. The summed E-state index contributed by atoms with van der Waals surface area (Å²) in [4.78, 5) is 0. The van der Waals surface area contributed by atoms with E-state index in [1.807, 2.05) is 6.07 Å². The van der Waals surface area contributed by atoms with E-state index in [2.05, 4.69) is 20.7 Å². The van der Waals surface area contributed by atoms with E-state index in [4.69, 9.17) is 5.26 Å². The second kappa shape index (κ2) is 4.70. The van der Waals surface area contributed by atoms with Crippen LogP contribution in [0.5, 0.6) is 0 Å². The summed E-state index contributed by atoms with van der Waals surface area (Å²) in [7, 11) is -3.23. The molecule has 0 heterocycles. The first-order chi connectivity index (χ1) is 5.02. The summed E-state index contributed by atoms with van der Waals surface area (Å²) in [6, 6.07) is 1.55. The molecule has 0 saturated heterocycles. The lowest BCUT2D eigenvalue weighted by Crippen LogP contribution is -2.32. The van der Waals surface area contributed by atoms with E-state index in [0.29, 0.717) is 0 Å². The molecule has 1 N–H and O–H groups in total. The molecule has 11 heavy (non-hydrogen) atoms. The van der Waals surface area contributed by atoms with Crippen molar-refractivity contribution in [1.29, 1.82) is 5.26 Å². The number of hydrogen-bond donors (Lipinski definition) is 1. The van der Waals surface area contributed by atoms with Crippen LogP contribution in [-0.2, 0) is 10.0 Å². The lowest BCUT2D eigenvalue weighted by atomic mass is 10.3. The average Bonchev–Trinajstić information content (AvgIpc) is 1.87. The zero-order chi connectivity index (χ0) is 8.91. The Labute approximate surface area is 74.8 Å². The number of rotatable bonds is 4. The van der Waals surface area contributed by atoms with Crippen molar-refractivity contribution in [2.75, 3.05) is 4.66 Å². The molecule has 0 aliphatic rings. The fourth-order valence-corrected chi connectivity index (χ4v) is 1.67. The molecule has 0 rings (SSSR count). The standard InChI is InChI=1S/C5H9BrN2O2S/c1-5(2-3-7)8-11(9,10)4-6/h5,8H,2,4H2,1H3. The SMILES string of the molecule is CC(CC#N)NS(=O)(=O)CBr. The number of hydrogen-bond acceptors (Lipinski definition) is 3. The van der Waals surface area contributed by atoms with Gasteiger partial charge in [-0.3, -0.25) is 0 Å². The van der Waals surface area contributed by atoms with Gasteiger partial charge in [0.1, 0.15) is 4.66 Å². The van der Waals surface area contributed by atoms with Gasteiger partial charge < -0.3 is 0 Å². The summed E-state index contributed by atoms with van der Waals surface area (Å²) >= 11 is 2.82. The smallest absolute Gasteiger partial charge is 0.212 e. The molecule has 1 atom stereocenters. The Morgan fingerprint density at radius 3 is 2.64 bits per heavy atom. The van der Waals surface area contributed by atoms with Crippen molar-refractivity contribution in [3.05, 3.63) is 0 Å². The largest absolute Gasteiger partial charge is 0.221 e. The monoisotopic (exact) mass is 240 g/mol. The Kier molecular flexibility index (Phi) is 4.65. The Bertz CT molecular complexity index is 244. The molecule has 0 radical (unpaired) electrons. The van der Waals surface area contributed by atoms with Crippen LogP contribution in [0.3, 0.4) is 0 Å².